The van der Waals surface area contributed by atoms with Crippen molar-refractivity contribution >= 4 is 35.9 Å². The molecule has 1 aromatic rings. The molecular formula is C22H35IN4O3. The average Bonchev–Trinajstić information content (AvgIpc) is 2.78. The molecule has 168 valence electrons. The van der Waals surface area contributed by atoms with E-state index in [1.165, 1.54) is 5.56 Å². The van der Waals surface area contributed by atoms with Gasteiger partial charge in [-0.1, -0.05) is 30.3 Å². The van der Waals surface area contributed by atoms with Crippen LogP contribution < -0.4 is 5.32 Å². The molecular weight excluding hydrogens is 495 g/mol. The van der Waals surface area contributed by atoms with Gasteiger partial charge in [0.05, 0.1) is 31.8 Å². The summed E-state index contributed by atoms with van der Waals surface area (Å²) in [4.78, 5) is 21.2. The van der Waals surface area contributed by atoms with Crippen LogP contribution in [-0.2, 0) is 14.3 Å². The Kier molecular flexibility index (Phi) is 10.9. The third kappa shape index (κ3) is 6.81. The van der Waals surface area contributed by atoms with Crippen molar-refractivity contribution in [3.63, 3.8) is 0 Å². The number of ether oxygens (including phenoxy) is 2. The summed E-state index contributed by atoms with van der Waals surface area (Å²) >= 11 is 0. The van der Waals surface area contributed by atoms with Gasteiger partial charge >= 0.3 is 5.97 Å². The minimum Gasteiger partial charge on any atom is -0.466 e. The van der Waals surface area contributed by atoms with Gasteiger partial charge in [0.1, 0.15) is 0 Å². The predicted molar refractivity (Wildman–Crippen MR) is 129 cm³/mol. The number of nitrogens with one attached hydrogen (secondary N) is 1. The van der Waals surface area contributed by atoms with Crippen molar-refractivity contribution in [1.82, 2.24) is 15.1 Å². The van der Waals surface area contributed by atoms with Gasteiger partial charge in [-0.3, -0.25) is 14.7 Å². The number of benzene rings is 1. The Morgan fingerprint density at radius 3 is 2.47 bits per heavy atom. The molecule has 1 atom stereocenters. The molecule has 2 fully saturated rings. The topological polar surface area (TPSA) is 66.4 Å². The minimum atomic E-state index is -0.0634. The molecule has 30 heavy (non-hydrogen) atoms. The summed E-state index contributed by atoms with van der Waals surface area (Å²) in [6.07, 6.45) is 1.62. The Balaban J connectivity index is 0.00000320. The molecule has 3 rings (SSSR count). The van der Waals surface area contributed by atoms with E-state index in [-0.39, 0.29) is 41.9 Å². The van der Waals surface area contributed by atoms with Crippen LogP contribution in [0.4, 0.5) is 0 Å². The zero-order chi connectivity index (χ0) is 20.5. The van der Waals surface area contributed by atoms with Crippen LogP contribution in [0, 0.1) is 5.92 Å². The lowest BCUT2D eigenvalue weighted by molar-refractivity contribution is -0.149. The first-order valence-electron chi connectivity index (χ1n) is 10.7. The molecule has 7 nitrogen and oxygen atoms in total. The van der Waals surface area contributed by atoms with E-state index in [9.17, 15) is 4.79 Å². The molecule has 2 aliphatic rings. The largest absolute Gasteiger partial charge is 0.466 e. The number of hydrogen-bond acceptors (Lipinski definition) is 5. The highest BCUT2D eigenvalue weighted by Gasteiger charge is 2.28. The molecule has 1 N–H and O–H groups in total. The van der Waals surface area contributed by atoms with Crippen LogP contribution >= 0.6 is 24.0 Å². The molecule has 0 aliphatic carbocycles. The molecule has 8 heteroatoms. The second kappa shape index (κ2) is 13.1. The van der Waals surface area contributed by atoms with Crippen molar-refractivity contribution < 1.29 is 14.3 Å². The van der Waals surface area contributed by atoms with Crippen molar-refractivity contribution in [2.45, 2.75) is 25.8 Å². The van der Waals surface area contributed by atoms with Gasteiger partial charge in [0.25, 0.3) is 0 Å². The number of likely N-dealkylation sites (tertiary alicyclic amines) is 1. The van der Waals surface area contributed by atoms with E-state index in [4.69, 9.17) is 9.47 Å². The zero-order valence-corrected chi connectivity index (χ0v) is 20.4. The number of esters is 1. The molecule has 0 bridgehead atoms. The summed E-state index contributed by atoms with van der Waals surface area (Å²) < 4.78 is 10.7. The summed E-state index contributed by atoms with van der Waals surface area (Å²) in [5, 5.41) is 3.58. The fourth-order valence-electron chi connectivity index (χ4n) is 4.13. The van der Waals surface area contributed by atoms with Gasteiger partial charge < -0.3 is 19.7 Å². The summed E-state index contributed by atoms with van der Waals surface area (Å²) in [6, 6.07) is 10.9. The van der Waals surface area contributed by atoms with Crippen molar-refractivity contribution in [3.8, 4) is 0 Å². The Bertz CT molecular complexity index is 660. The Labute approximate surface area is 197 Å². The van der Waals surface area contributed by atoms with Crippen LogP contribution in [0.3, 0.4) is 0 Å². The number of morpholine rings is 1. The second-order valence-corrected chi connectivity index (χ2v) is 7.52. The normalized spacial score (nSPS) is 19.7. The molecule has 0 saturated carbocycles. The minimum absolute atomic E-state index is 0. The maximum atomic E-state index is 12.0. The van der Waals surface area contributed by atoms with Crippen molar-refractivity contribution in [2.24, 2.45) is 10.9 Å². The molecule has 2 aliphatic heterocycles. The SMILES string of the molecule is CCOC(=O)C1CCN(C(=NC)NCC(c2ccccc2)N2CCOCC2)CC1.I. The van der Waals surface area contributed by atoms with Gasteiger partial charge in [0.2, 0.25) is 0 Å². The number of rotatable bonds is 6. The van der Waals surface area contributed by atoms with E-state index in [1.807, 2.05) is 14.0 Å². The zero-order valence-electron chi connectivity index (χ0n) is 18.1. The Morgan fingerprint density at radius 2 is 1.87 bits per heavy atom. The highest BCUT2D eigenvalue weighted by Crippen LogP contribution is 2.22. The number of hydrogen-bond donors (Lipinski definition) is 1. The first-order chi connectivity index (χ1) is 14.2. The van der Waals surface area contributed by atoms with Crippen LogP contribution in [0.5, 0.6) is 0 Å². The van der Waals surface area contributed by atoms with E-state index in [1.54, 1.807) is 0 Å². The van der Waals surface area contributed by atoms with Gasteiger partial charge in [-0.2, -0.15) is 0 Å². The summed E-state index contributed by atoms with van der Waals surface area (Å²) in [6.45, 7) is 8.15. The van der Waals surface area contributed by atoms with Gasteiger partial charge in [-0.25, -0.2) is 0 Å². The lowest BCUT2D eigenvalue weighted by atomic mass is 9.97. The maximum absolute atomic E-state index is 12.0. The number of aliphatic imine (C=N–C) groups is 1. The van der Waals surface area contributed by atoms with E-state index in [2.05, 4.69) is 50.4 Å². The molecule has 0 spiro atoms. The Morgan fingerprint density at radius 1 is 1.20 bits per heavy atom. The highest BCUT2D eigenvalue weighted by atomic mass is 127. The number of halogens is 1. The van der Waals surface area contributed by atoms with Gasteiger partial charge in [-0.05, 0) is 25.3 Å². The molecule has 2 heterocycles. The van der Waals surface area contributed by atoms with Crippen LogP contribution in [0.25, 0.3) is 0 Å². The summed E-state index contributed by atoms with van der Waals surface area (Å²) in [5.41, 5.74) is 1.30. The number of piperidine rings is 1. The monoisotopic (exact) mass is 530 g/mol. The third-order valence-corrected chi connectivity index (χ3v) is 5.75. The van der Waals surface area contributed by atoms with Gasteiger partial charge in [0.15, 0.2) is 5.96 Å². The standard InChI is InChI=1S/C22H34N4O3.HI/c1-3-29-21(27)19-9-11-26(12-10-19)22(23-2)24-17-20(18-7-5-4-6-8-18)25-13-15-28-16-14-25;/h4-8,19-20H,3,9-17H2,1-2H3,(H,23,24);1H. The maximum Gasteiger partial charge on any atom is 0.309 e. The molecule has 0 aromatic heterocycles. The quantitative estimate of drug-likeness (QED) is 0.264. The van der Waals surface area contributed by atoms with Crippen LogP contribution in [0.2, 0.25) is 0 Å². The van der Waals surface area contributed by atoms with E-state index in [0.29, 0.717) is 6.61 Å². The summed E-state index contributed by atoms with van der Waals surface area (Å²) in [5.74, 6) is 0.850. The van der Waals surface area contributed by atoms with Crippen LogP contribution in [0.1, 0.15) is 31.4 Å². The predicted octanol–water partition coefficient (Wildman–Crippen LogP) is 2.53. The van der Waals surface area contributed by atoms with Crippen molar-refractivity contribution in [1.29, 1.82) is 0 Å². The molecule has 0 radical (unpaired) electrons. The molecule has 1 unspecified atom stereocenters. The van der Waals surface area contributed by atoms with Crippen molar-refractivity contribution in [2.75, 3.05) is 59.6 Å². The lowest BCUT2D eigenvalue weighted by Crippen LogP contribution is -2.50. The first-order valence-corrected chi connectivity index (χ1v) is 10.7. The van der Waals surface area contributed by atoms with E-state index >= 15 is 0 Å². The fraction of sp³-hybridized carbons (Fsp3) is 0.636. The molecule has 1 aromatic carbocycles. The highest BCUT2D eigenvalue weighted by molar-refractivity contribution is 14.0. The van der Waals surface area contributed by atoms with E-state index in [0.717, 1.165) is 64.7 Å². The number of guanidine groups is 1. The average molecular weight is 530 g/mol. The first kappa shape index (κ1) is 24.9. The van der Waals surface area contributed by atoms with Crippen LogP contribution in [-0.4, -0.2) is 81.3 Å². The molecule has 0 amide bonds. The number of carbonyl (C=O) groups excluding carboxylic acids is 1. The van der Waals surface area contributed by atoms with Crippen LogP contribution in [0.15, 0.2) is 35.3 Å². The Hall–Kier alpha value is -1.39. The van der Waals surface area contributed by atoms with E-state index < -0.39 is 0 Å². The second-order valence-electron chi connectivity index (χ2n) is 7.52. The summed E-state index contributed by atoms with van der Waals surface area (Å²) in [7, 11) is 1.83. The van der Waals surface area contributed by atoms with Gasteiger partial charge in [0, 0.05) is 39.8 Å². The number of nitrogens with zero attached hydrogens (tertiary/aromatic N) is 3. The number of carbonyl (C=O) groups is 1. The smallest absolute Gasteiger partial charge is 0.309 e. The van der Waals surface area contributed by atoms with Gasteiger partial charge in [-0.15, -0.1) is 24.0 Å². The lowest BCUT2D eigenvalue weighted by Gasteiger charge is -2.37. The third-order valence-electron chi connectivity index (χ3n) is 5.75. The molecule has 2 saturated heterocycles. The van der Waals surface area contributed by atoms with Crippen molar-refractivity contribution in [3.05, 3.63) is 35.9 Å². The fourth-order valence-corrected chi connectivity index (χ4v) is 4.13.